The van der Waals surface area contributed by atoms with E-state index in [9.17, 15) is 29.4 Å². The first-order valence-electron chi connectivity index (χ1n) is 11.9. The monoisotopic (exact) mass is 494 g/mol. The maximum atomic E-state index is 13.1. The quantitative estimate of drug-likeness (QED) is 0.436. The van der Waals surface area contributed by atoms with E-state index < -0.39 is 76.1 Å². The van der Waals surface area contributed by atoms with Crippen molar-refractivity contribution in [2.24, 2.45) is 28.6 Å². The topological polar surface area (TPSA) is 146 Å². The Kier molecular flexibility index (Phi) is 5.88. The Balaban J connectivity index is 1.97. The SMILES string of the molecule is COC(=O)C1C2=CC(=O)O[C@]2(O)C[C@H]2[C@H]1C(OC(C)=O)C[C@@]1(O)C(C)(C)CCC(OC(C)=O)[C@]21C. The third kappa shape index (κ3) is 3.51. The Morgan fingerprint density at radius 2 is 1.69 bits per heavy atom. The average molecular weight is 495 g/mol. The number of methoxy groups -OCH3 is 1. The molecule has 0 amide bonds. The molecular weight excluding hydrogens is 460 g/mol. The first kappa shape index (κ1) is 25.6. The van der Waals surface area contributed by atoms with Gasteiger partial charge in [0.05, 0.1) is 18.6 Å². The van der Waals surface area contributed by atoms with E-state index in [1.54, 1.807) is 6.92 Å². The summed E-state index contributed by atoms with van der Waals surface area (Å²) in [5, 5.41) is 23.9. The highest BCUT2D eigenvalue weighted by molar-refractivity contribution is 5.90. The summed E-state index contributed by atoms with van der Waals surface area (Å²) in [6.07, 6.45) is 0.156. The van der Waals surface area contributed by atoms with Gasteiger partial charge in [-0.15, -0.1) is 0 Å². The Hall–Kier alpha value is -2.46. The van der Waals surface area contributed by atoms with Gasteiger partial charge >= 0.3 is 23.9 Å². The zero-order valence-corrected chi connectivity index (χ0v) is 21.0. The van der Waals surface area contributed by atoms with Gasteiger partial charge in [0, 0.05) is 49.7 Å². The van der Waals surface area contributed by atoms with Crippen LogP contribution in [0, 0.1) is 28.6 Å². The molecule has 0 saturated heterocycles. The lowest BCUT2D eigenvalue weighted by molar-refractivity contribution is -0.316. The van der Waals surface area contributed by atoms with E-state index in [2.05, 4.69) is 0 Å². The second-order valence-corrected chi connectivity index (χ2v) is 11.2. The molecule has 3 unspecified atom stereocenters. The van der Waals surface area contributed by atoms with E-state index in [1.165, 1.54) is 21.0 Å². The van der Waals surface area contributed by atoms with Crippen molar-refractivity contribution < 1.29 is 48.3 Å². The van der Waals surface area contributed by atoms with Crippen LogP contribution in [0.1, 0.15) is 60.3 Å². The Bertz CT molecular complexity index is 1000. The Morgan fingerprint density at radius 3 is 2.26 bits per heavy atom. The van der Waals surface area contributed by atoms with Crippen LogP contribution >= 0.6 is 0 Å². The van der Waals surface area contributed by atoms with Crippen molar-refractivity contribution in [2.75, 3.05) is 7.11 Å². The Morgan fingerprint density at radius 1 is 1.06 bits per heavy atom. The molecule has 8 atom stereocenters. The fourth-order valence-electron chi connectivity index (χ4n) is 7.54. The minimum Gasteiger partial charge on any atom is -0.469 e. The van der Waals surface area contributed by atoms with Gasteiger partial charge in [0.2, 0.25) is 5.79 Å². The molecular formula is C25H34O10. The first-order chi connectivity index (χ1) is 16.1. The van der Waals surface area contributed by atoms with Crippen LogP contribution in [0.3, 0.4) is 0 Å². The minimum absolute atomic E-state index is 0.0248. The van der Waals surface area contributed by atoms with Crippen molar-refractivity contribution in [2.45, 2.75) is 83.9 Å². The van der Waals surface area contributed by atoms with Crippen LogP contribution in [0.15, 0.2) is 11.6 Å². The number of esters is 4. The molecule has 0 aromatic heterocycles. The molecule has 10 heteroatoms. The van der Waals surface area contributed by atoms with Gasteiger partial charge in [-0.1, -0.05) is 20.8 Å². The van der Waals surface area contributed by atoms with Gasteiger partial charge in [-0.25, -0.2) is 4.79 Å². The molecule has 0 spiro atoms. The second kappa shape index (κ2) is 8.03. The molecule has 4 rings (SSSR count). The van der Waals surface area contributed by atoms with Crippen molar-refractivity contribution >= 4 is 23.9 Å². The lowest BCUT2D eigenvalue weighted by Crippen LogP contribution is -2.75. The van der Waals surface area contributed by atoms with Crippen molar-refractivity contribution in [1.29, 1.82) is 0 Å². The molecule has 3 fully saturated rings. The number of ether oxygens (including phenoxy) is 4. The molecule has 3 aliphatic carbocycles. The summed E-state index contributed by atoms with van der Waals surface area (Å²) in [5.74, 6) is -7.47. The van der Waals surface area contributed by atoms with E-state index in [0.29, 0.717) is 12.8 Å². The standard InChI is InChI=1S/C25H34O10/c1-12(26)33-16-11-25(31)22(3,4)8-7-17(34-13(2)27)23(25,5)15-10-24(30)14(9-18(28)35-24)20(19(15)16)21(29)32-6/h9,15-17,19-20,30-31H,7-8,10-11H2,1-6H3/t15-,16?,17?,19-,20?,23-,24+,25+/m0/s1. The molecule has 0 radical (unpaired) electrons. The molecule has 1 aliphatic heterocycles. The van der Waals surface area contributed by atoms with Crippen molar-refractivity contribution in [3.05, 3.63) is 11.6 Å². The number of carbonyl (C=O) groups excluding carboxylic acids is 4. The van der Waals surface area contributed by atoms with Crippen LogP contribution in [-0.2, 0) is 38.1 Å². The maximum absolute atomic E-state index is 13.1. The van der Waals surface area contributed by atoms with Crippen LogP contribution in [0.2, 0.25) is 0 Å². The highest BCUT2D eigenvalue weighted by atomic mass is 16.7. The normalized spacial score (nSPS) is 43.5. The van der Waals surface area contributed by atoms with Gasteiger partial charge in [0.25, 0.3) is 0 Å². The van der Waals surface area contributed by atoms with Crippen LogP contribution in [-0.4, -0.2) is 64.8 Å². The number of fused-ring (bicyclic) bond motifs is 4. The highest BCUT2D eigenvalue weighted by Crippen LogP contribution is 2.69. The zero-order valence-electron chi connectivity index (χ0n) is 21.0. The van der Waals surface area contributed by atoms with Gasteiger partial charge in [-0.05, 0) is 24.2 Å². The maximum Gasteiger partial charge on any atom is 0.333 e. The summed E-state index contributed by atoms with van der Waals surface area (Å²) in [4.78, 5) is 49.7. The van der Waals surface area contributed by atoms with E-state index >= 15 is 0 Å². The minimum atomic E-state index is -2.11. The summed E-state index contributed by atoms with van der Waals surface area (Å²) < 4.78 is 21.8. The van der Waals surface area contributed by atoms with Crippen molar-refractivity contribution in [3.8, 4) is 0 Å². The lowest BCUT2D eigenvalue weighted by Gasteiger charge is -2.69. The number of rotatable bonds is 3. The fraction of sp³-hybridized carbons (Fsp3) is 0.760. The third-order valence-electron chi connectivity index (χ3n) is 9.16. The van der Waals surface area contributed by atoms with Crippen LogP contribution in [0.4, 0.5) is 0 Å². The molecule has 1 heterocycles. The molecule has 194 valence electrons. The number of hydrogen-bond donors (Lipinski definition) is 2. The molecule has 0 bridgehead atoms. The van der Waals surface area contributed by atoms with Gasteiger partial charge < -0.3 is 29.2 Å². The molecule has 2 N–H and O–H groups in total. The summed E-state index contributed by atoms with van der Waals surface area (Å²) in [6.45, 7) is 8.11. The van der Waals surface area contributed by atoms with Gasteiger partial charge in [0.15, 0.2) is 0 Å². The molecule has 0 aromatic rings. The van der Waals surface area contributed by atoms with E-state index in [1.807, 2.05) is 13.8 Å². The number of aliphatic hydroxyl groups is 2. The zero-order chi connectivity index (χ0) is 26.1. The second-order valence-electron chi connectivity index (χ2n) is 11.2. The smallest absolute Gasteiger partial charge is 0.333 e. The van der Waals surface area contributed by atoms with Crippen LogP contribution in [0.5, 0.6) is 0 Å². The average Bonchev–Trinajstić information content (AvgIpc) is 3.04. The van der Waals surface area contributed by atoms with Gasteiger partial charge in [-0.2, -0.15) is 0 Å². The third-order valence-corrected chi connectivity index (χ3v) is 9.16. The highest BCUT2D eigenvalue weighted by Gasteiger charge is 2.75. The van der Waals surface area contributed by atoms with Gasteiger partial charge in [-0.3, -0.25) is 14.4 Å². The summed E-state index contributed by atoms with van der Waals surface area (Å²) >= 11 is 0. The van der Waals surface area contributed by atoms with E-state index in [0.717, 1.165) is 6.08 Å². The Labute approximate surface area is 203 Å². The van der Waals surface area contributed by atoms with Crippen molar-refractivity contribution in [1.82, 2.24) is 0 Å². The van der Waals surface area contributed by atoms with Crippen LogP contribution < -0.4 is 0 Å². The largest absolute Gasteiger partial charge is 0.469 e. The molecule has 3 saturated carbocycles. The van der Waals surface area contributed by atoms with Crippen LogP contribution in [0.25, 0.3) is 0 Å². The summed E-state index contributed by atoms with van der Waals surface area (Å²) in [6, 6.07) is 0. The lowest BCUT2D eigenvalue weighted by atomic mass is 9.39. The molecule has 35 heavy (non-hydrogen) atoms. The predicted octanol–water partition coefficient (Wildman–Crippen LogP) is 1.41. The first-order valence-corrected chi connectivity index (χ1v) is 11.9. The molecule has 0 aromatic carbocycles. The number of carbonyl (C=O) groups is 4. The fourth-order valence-corrected chi connectivity index (χ4v) is 7.54. The summed E-state index contributed by atoms with van der Waals surface area (Å²) in [5.41, 5.74) is -3.38. The van der Waals surface area contributed by atoms with Gasteiger partial charge in [0.1, 0.15) is 12.2 Å². The van der Waals surface area contributed by atoms with Crippen molar-refractivity contribution in [3.63, 3.8) is 0 Å². The van der Waals surface area contributed by atoms with E-state index in [4.69, 9.17) is 18.9 Å². The molecule has 4 aliphatic rings. The number of hydrogen-bond acceptors (Lipinski definition) is 10. The predicted molar refractivity (Wildman–Crippen MR) is 118 cm³/mol. The molecule has 10 nitrogen and oxygen atoms in total. The summed E-state index contributed by atoms with van der Waals surface area (Å²) in [7, 11) is 1.19. The van der Waals surface area contributed by atoms with E-state index in [-0.39, 0.29) is 18.4 Å².